The Morgan fingerprint density at radius 3 is 2.22 bits per heavy atom. The first-order valence-corrected chi connectivity index (χ1v) is 10.1. The number of piperazine rings is 1. The molecule has 2 saturated heterocycles. The van der Waals surface area contributed by atoms with Gasteiger partial charge in [0, 0.05) is 45.3 Å². The molecule has 0 aliphatic carbocycles. The molecule has 0 unspecified atom stereocenters. The third kappa shape index (κ3) is 3.28. The number of nitrogens with zero attached hydrogens (tertiary/aromatic N) is 7. The molecule has 2 aliphatic rings. The fraction of sp³-hybridized carbons (Fsp3) is 0.444. The summed E-state index contributed by atoms with van der Waals surface area (Å²) in [6, 6.07) is 4.15. The van der Waals surface area contributed by atoms with E-state index >= 15 is 0 Å². The number of aromatic nitrogens is 4. The van der Waals surface area contributed by atoms with Crippen molar-refractivity contribution in [3.63, 3.8) is 0 Å². The molecule has 0 amide bonds. The number of fused-ring (bicyclic) bond motifs is 1. The zero-order valence-corrected chi connectivity index (χ0v) is 15.8. The molecule has 27 heavy (non-hydrogen) atoms. The minimum atomic E-state index is 0.758. The minimum absolute atomic E-state index is 0.758. The quantitative estimate of drug-likeness (QED) is 0.676. The summed E-state index contributed by atoms with van der Waals surface area (Å²) in [7, 11) is 0. The van der Waals surface area contributed by atoms with Crippen molar-refractivity contribution >= 4 is 39.0 Å². The van der Waals surface area contributed by atoms with Crippen LogP contribution in [0.25, 0.3) is 10.2 Å². The van der Waals surface area contributed by atoms with Gasteiger partial charge in [0.15, 0.2) is 0 Å². The predicted molar refractivity (Wildman–Crippen MR) is 107 cm³/mol. The van der Waals surface area contributed by atoms with Crippen molar-refractivity contribution in [3.8, 4) is 0 Å². The van der Waals surface area contributed by atoms with Crippen molar-refractivity contribution in [3.05, 3.63) is 30.2 Å². The smallest absolute Gasteiger partial charge is 0.150 e. The summed E-state index contributed by atoms with van der Waals surface area (Å²) in [6.07, 6.45) is 3.34. The second-order valence-electron chi connectivity index (χ2n) is 6.64. The monoisotopic (exact) mass is 383 g/mol. The lowest BCUT2D eigenvalue weighted by Gasteiger charge is -2.36. The van der Waals surface area contributed by atoms with E-state index in [4.69, 9.17) is 4.74 Å². The fourth-order valence-electron chi connectivity index (χ4n) is 3.62. The maximum absolute atomic E-state index is 5.44. The van der Waals surface area contributed by atoms with Gasteiger partial charge in [0.1, 0.15) is 30.1 Å². The van der Waals surface area contributed by atoms with Crippen LogP contribution in [0.1, 0.15) is 0 Å². The van der Waals surface area contributed by atoms with Gasteiger partial charge in [0.2, 0.25) is 0 Å². The van der Waals surface area contributed by atoms with Crippen LogP contribution >= 0.6 is 11.3 Å². The van der Waals surface area contributed by atoms with Gasteiger partial charge < -0.3 is 19.4 Å². The highest BCUT2D eigenvalue weighted by molar-refractivity contribution is 7.17. The maximum atomic E-state index is 5.44. The molecule has 5 heterocycles. The lowest BCUT2D eigenvalue weighted by molar-refractivity contribution is 0.122. The molecule has 5 rings (SSSR count). The summed E-state index contributed by atoms with van der Waals surface area (Å²) in [5.41, 5.74) is 1.03. The van der Waals surface area contributed by atoms with Crippen molar-refractivity contribution in [1.82, 2.24) is 19.9 Å². The van der Waals surface area contributed by atoms with Gasteiger partial charge in [-0.05, 0) is 11.4 Å². The van der Waals surface area contributed by atoms with Crippen molar-refractivity contribution < 1.29 is 4.74 Å². The van der Waals surface area contributed by atoms with Crippen LogP contribution in [-0.2, 0) is 4.74 Å². The highest BCUT2D eigenvalue weighted by Crippen LogP contribution is 2.29. The molecule has 9 heteroatoms. The Labute approximate surface area is 161 Å². The van der Waals surface area contributed by atoms with Gasteiger partial charge in [-0.3, -0.25) is 0 Å². The number of thiophene rings is 1. The van der Waals surface area contributed by atoms with Crippen LogP contribution in [0.5, 0.6) is 0 Å². The number of anilines is 3. The minimum Gasteiger partial charge on any atom is -0.378 e. The summed E-state index contributed by atoms with van der Waals surface area (Å²) in [4.78, 5) is 24.8. The van der Waals surface area contributed by atoms with E-state index in [-0.39, 0.29) is 0 Å². The average molecular weight is 383 g/mol. The number of morpholine rings is 1. The molecular formula is C18H21N7OS. The van der Waals surface area contributed by atoms with Crippen LogP contribution in [0.3, 0.4) is 0 Å². The second-order valence-corrected chi connectivity index (χ2v) is 7.56. The van der Waals surface area contributed by atoms with Gasteiger partial charge in [-0.15, -0.1) is 11.3 Å². The Balaban J connectivity index is 1.30. The Hall–Kier alpha value is -2.52. The second kappa shape index (κ2) is 7.24. The first-order valence-electron chi connectivity index (χ1n) is 9.21. The van der Waals surface area contributed by atoms with E-state index in [1.54, 1.807) is 24.0 Å². The van der Waals surface area contributed by atoms with Crippen molar-refractivity contribution in [1.29, 1.82) is 0 Å². The topological polar surface area (TPSA) is 70.5 Å². The molecule has 0 atom stereocenters. The molecule has 0 radical (unpaired) electrons. The molecule has 0 saturated carbocycles. The molecule has 0 spiro atoms. The van der Waals surface area contributed by atoms with Crippen LogP contribution in [0.2, 0.25) is 0 Å². The largest absolute Gasteiger partial charge is 0.378 e. The van der Waals surface area contributed by atoms with Crippen molar-refractivity contribution in [2.45, 2.75) is 0 Å². The molecule has 3 aromatic heterocycles. The summed E-state index contributed by atoms with van der Waals surface area (Å²) in [6.45, 7) is 6.94. The third-order valence-corrected chi connectivity index (χ3v) is 6.00. The summed E-state index contributed by atoms with van der Waals surface area (Å²) >= 11 is 1.71. The van der Waals surface area contributed by atoms with Crippen molar-refractivity contribution in [2.24, 2.45) is 0 Å². The Morgan fingerprint density at radius 2 is 1.44 bits per heavy atom. The lowest BCUT2D eigenvalue weighted by atomic mass is 10.3. The molecule has 140 valence electrons. The summed E-state index contributed by atoms with van der Waals surface area (Å²) in [5, 5.41) is 2.08. The zero-order chi connectivity index (χ0) is 18.1. The number of rotatable bonds is 3. The third-order valence-electron chi connectivity index (χ3n) is 5.10. The van der Waals surface area contributed by atoms with Crippen LogP contribution in [0.15, 0.2) is 30.2 Å². The molecule has 2 fully saturated rings. The van der Waals surface area contributed by atoms with E-state index in [0.717, 1.165) is 75.5 Å². The molecule has 8 nitrogen and oxygen atoms in total. The predicted octanol–water partition coefficient (Wildman–Crippen LogP) is 1.64. The Bertz CT molecular complexity index is 919. The van der Waals surface area contributed by atoms with E-state index in [1.165, 1.54) is 4.70 Å². The normalized spacial score (nSPS) is 18.3. The van der Waals surface area contributed by atoms with E-state index in [0.29, 0.717) is 0 Å². The Morgan fingerprint density at radius 1 is 0.778 bits per heavy atom. The lowest BCUT2D eigenvalue weighted by Crippen LogP contribution is -2.47. The van der Waals surface area contributed by atoms with Gasteiger partial charge in [-0.2, -0.15) is 0 Å². The zero-order valence-electron chi connectivity index (χ0n) is 15.0. The standard InChI is InChI=1S/C18H21N7OS/c1-10-27-17-14(1)19-12-22-18(17)25-4-2-23(3-5-25)15-11-16(21-13-20-15)24-6-8-26-9-7-24/h1,10-13H,2-9H2. The van der Waals surface area contributed by atoms with Crippen molar-refractivity contribution in [2.75, 3.05) is 67.2 Å². The molecule has 0 bridgehead atoms. The molecule has 0 aromatic carbocycles. The SMILES string of the molecule is c1nc(N2CCOCC2)cc(N2CCN(c3ncnc4ccsc34)CC2)n1. The number of ether oxygens (including phenoxy) is 1. The summed E-state index contributed by atoms with van der Waals surface area (Å²) in [5.74, 6) is 3.03. The number of hydrogen-bond acceptors (Lipinski definition) is 9. The molecule has 3 aromatic rings. The van der Waals surface area contributed by atoms with E-state index in [1.807, 2.05) is 0 Å². The van der Waals surface area contributed by atoms with Gasteiger partial charge in [0.05, 0.1) is 23.4 Å². The first kappa shape index (κ1) is 16.6. The molecular weight excluding hydrogens is 362 g/mol. The van der Waals surface area contributed by atoms with Crippen LogP contribution < -0.4 is 14.7 Å². The molecule has 2 aliphatic heterocycles. The average Bonchev–Trinajstić information content (AvgIpc) is 3.24. The van der Waals surface area contributed by atoms with E-state index < -0.39 is 0 Å². The van der Waals surface area contributed by atoms with E-state index in [9.17, 15) is 0 Å². The van der Waals surface area contributed by atoms with Gasteiger partial charge >= 0.3 is 0 Å². The van der Waals surface area contributed by atoms with Crippen LogP contribution in [0, 0.1) is 0 Å². The van der Waals surface area contributed by atoms with E-state index in [2.05, 4.69) is 52.1 Å². The fourth-order valence-corrected chi connectivity index (χ4v) is 4.49. The highest BCUT2D eigenvalue weighted by Gasteiger charge is 2.22. The van der Waals surface area contributed by atoms with Gasteiger partial charge in [-0.25, -0.2) is 19.9 Å². The number of hydrogen-bond donors (Lipinski definition) is 0. The van der Waals surface area contributed by atoms with Gasteiger partial charge in [0.25, 0.3) is 0 Å². The Kier molecular flexibility index (Phi) is 4.46. The first-order chi connectivity index (χ1) is 13.4. The highest BCUT2D eigenvalue weighted by atomic mass is 32.1. The molecule has 0 N–H and O–H groups in total. The van der Waals surface area contributed by atoms with Gasteiger partial charge in [-0.1, -0.05) is 0 Å². The van der Waals surface area contributed by atoms with Crippen LogP contribution in [0.4, 0.5) is 17.5 Å². The van der Waals surface area contributed by atoms with Crippen LogP contribution in [-0.4, -0.2) is 72.4 Å². The summed E-state index contributed by atoms with van der Waals surface area (Å²) < 4.78 is 6.60. The maximum Gasteiger partial charge on any atom is 0.150 e.